The van der Waals surface area contributed by atoms with Gasteiger partial charge in [0.05, 0.1) is 0 Å². The molecule has 1 aliphatic rings. The maximum Gasteiger partial charge on any atom is 0.298 e. The van der Waals surface area contributed by atoms with E-state index in [0.29, 0.717) is 6.04 Å². The molecule has 2 heterocycles. The van der Waals surface area contributed by atoms with Crippen molar-refractivity contribution in [2.45, 2.75) is 18.9 Å². The van der Waals surface area contributed by atoms with Crippen LogP contribution in [0.4, 0.5) is 6.01 Å². The molecule has 120 valence electrons. The molecule has 0 radical (unpaired) electrons. The van der Waals surface area contributed by atoms with E-state index >= 15 is 0 Å². The van der Waals surface area contributed by atoms with Crippen molar-refractivity contribution >= 4 is 17.1 Å². The highest BCUT2D eigenvalue weighted by Crippen LogP contribution is 2.26. The van der Waals surface area contributed by atoms with Crippen molar-refractivity contribution in [1.82, 2.24) is 14.8 Å². The van der Waals surface area contributed by atoms with Gasteiger partial charge in [-0.15, -0.1) is 0 Å². The molecule has 1 aromatic carbocycles. The quantitative estimate of drug-likeness (QED) is 0.847. The maximum atomic E-state index is 6.03. The molecule has 0 atom stereocenters. The zero-order valence-electron chi connectivity index (χ0n) is 13.8. The van der Waals surface area contributed by atoms with Crippen LogP contribution in [0.3, 0.4) is 0 Å². The second-order valence-electron chi connectivity index (χ2n) is 6.50. The van der Waals surface area contributed by atoms with E-state index in [1.807, 2.05) is 24.3 Å². The molecule has 1 aliphatic heterocycles. The number of hydrogen-bond donors (Lipinski definition) is 0. The second kappa shape index (κ2) is 6.67. The third kappa shape index (κ3) is 3.42. The zero-order valence-corrected chi connectivity index (χ0v) is 13.8. The smallest absolute Gasteiger partial charge is 0.298 e. The lowest BCUT2D eigenvalue weighted by molar-refractivity contribution is 0.243. The third-order valence-electron chi connectivity index (χ3n) is 4.45. The Balaban J connectivity index is 1.83. The molecule has 0 unspecified atom stereocenters. The van der Waals surface area contributed by atoms with E-state index in [1.54, 1.807) is 0 Å². The van der Waals surface area contributed by atoms with Gasteiger partial charge in [0.25, 0.3) is 6.01 Å². The standard InChI is InChI=1S/C17H26N4O/c1-19(2)12-13-21(14-8-10-20(3)11-9-14)17-18-15-6-4-5-7-16(15)22-17/h4-7,14H,8-13H2,1-3H3. The molecular formula is C17H26N4O. The zero-order chi connectivity index (χ0) is 15.5. The van der Waals surface area contributed by atoms with Gasteiger partial charge in [0.15, 0.2) is 5.58 Å². The normalized spacial score (nSPS) is 17.5. The molecule has 5 nitrogen and oxygen atoms in total. The Kier molecular flexibility index (Phi) is 4.64. The van der Waals surface area contributed by atoms with E-state index in [-0.39, 0.29) is 0 Å². The van der Waals surface area contributed by atoms with E-state index < -0.39 is 0 Å². The highest BCUT2D eigenvalue weighted by atomic mass is 16.4. The van der Waals surface area contributed by atoms with Crippen LogP contribution in [0.25, 0.3) is 11.1 Å². The fourth-order valence-corrected chi connectivity index (χ4v) is 3.03. The minimum Gasteiger partial charge on any atom is -0.423 e. The Morgan fingerprint density at radius 2 is 1.91 bits per heavy atom. The summed E-state index contributed by atoms with van der Waals surface area (Å²) in [5, 5.41) is 0. The van der Waals surface area contributed by atoms with Crippen LogP contribution in [0.15, 0.2) is 28.7 Å². The van der Waals surface area contributed by atoms with Crippen LogP contribution < -0.4 is 4.90 Å². The lowest BCUT2D eigenvalue weighted by Gasteiger charge is -2.36. The van der Waals surface area contributed by atoms with Gasteiger partial charge >= 0.3 is 0 Å². The van der Waals surface area contributed by atoms with Crippen LogP contribution in [0.1, 0.15) is 12.8 Å². The van der Waals surface area contributed by atoms with Gasteiger partial charge in [-0.2, -0.15) is 4.98 Å². The molecule has 0 spiro atoms. The molecule has 5 heteroatoms. The van der Waals surface area contributed by atoms with Crippen molar-refractivity contribution < 1.29 is 4.42 Å². The summed E-state index contributed by atoms with van der Waals surface area (Å²) in [5.41, 5.74) is 1.82. The van der Waals surface area contributed by atoms with Crippen molar-refractivity contribution in [2.75, 3.05) is 52.2 Å². The summed E-state index contributed by atoms with van der Waals surface area (Å²) in [6.45, 7) is 4.24. The molecule has 1 saturated heterocycles. The molecule has 3 rings (SSSR count). The molecular weight excluding hydrogens is 276 g/mol. The topological polar surface area (TPSA) is 35.8 Å². The first kappa shape index (κ1) is 15.3. The number of anilines is 1. The largest absolute Gasteiger partial charge is 0.423 e. The van der Waals surface area contributed by atoms with Gasteiger partial charge in [-0.25, -0.2) is 0 Å². The highest BCUT2D eigenvalue weighted by Gasteiger charge is 2.26. The molecule has 1 fully saturated rings. The van der Waals surface area contributed by atoms with E-state index in [4.69, 9.17) is 9.40 Å². The number of likely N-dealkylation sites (N-methyl/N-ethyl adjacent to an activating group) is 1. The summed E-state index contributed by atoms with van der Waals surface area (Å²) >= 11 is 0. The lowest BCUT2D eigenvalue weighted by atomic mass is 10.0. The predicted molar refractivity (Wildman–Crippen MR) is 90.4 cm³/mol. The van der Waals surface area contributed by atoms with Crippen molar-refractivity contribution in [1.29, 1.82) is 0 Å². The van der Waals surface area contributed by atoms with Gasteiger partial charge < -0.3 is 19.1 Å². The first-order valence-corrected chi connectivity index (χ1v) is 8.09. The maximum absolute atomic E-state index is 6.03. The van der Waals surface area contributed by atoms with Gasteiger partial charge in [0.2, 0.25) is 0 Å². The molecule has 22 heavy (non-hydrogen) atoms. The van der Waals surface area contributed by atoms with Crippen molar-refractivity contribution in [2.24, 2.45) is 0 Å². The number of likely N-dealkylation sites (tertiary alicyclic amines) is 1. The third-order valence-corrected chi connectivity index (χ3v) is 4.45. The molecule has 1 aromatic heterocycles. The van der Waals surface area contributed by atoms with Crippen LogP contribution in [-0.2, 0) is 0 Å². The lowest BCUT2D eigenvalue weighted by Crippen LogP contribution is -2.46. The van der Waals surface area contributed by atoms with E-state index in [9.17, 15) is 0 Å². The molecule has 0 saturated carbocycles. The van der Waals surface area contributed by atoms with Crippen molar-refractivity contribution in [3.8, 4) is 0 Å². The number of oxazole rings is 1. The minimum absolute atomic E-state index is 0.518. The van der Waals surface area contributed by atoms with Gasteiger partial charge in [-0.1, -0.05) is 12.1 Å². The number of aromatic nitrogens is 1. The number of rotatable bonds is 5. The molecule has 0 aliphatic carbocycles. The summed E-state index contributed by atoms with van der Waals surface area (Å²) in [5.74, 6) is 0. The highest BCUT2D eigenvalue weighted by molar-refractivity contribution is 5.74. The van der Waals surface area contributed by atoms with E-state index in [1.165, 1.54) is 12.8 Å². The summed E-state index contributed by atoms with van der Waals surface area (Å²) < 4.78 is 6.03. The van der Waals surface area contributed by atoms with Gasteiger partial charge in [-0.05, 0) is 59.2 Å². The first-order chi connectivity index (χ1) is 10.6. The Bertz CT molecular complexity index is 568. The van der Waals surface area contributed by atoms with Gasteiger partial charge in [0, 0.05) is 19.1 Å². The summed E-state index contributed by atoms with van der Waals surface area (Å²) in [7, 11) is 6.41. The van der Waals surface area contributed by atoms with E-state index in [2.05, 4.69) is 35.8 Å². The predicted octanol–water partition coefficient (Wildman–Crippen LogP) is 2.29. The monoisotopic (exact) mass is 302 g/mol. The Hall–Kier alpha value is -1.59. The number of para-hydroxylation sites is 2. The van der Waals surface area contributed by atoms with Crippen LogP contribution in [-0.4, -0.2) is 68.1 Å². The van der Waals surface area contributed by atoms with Gasteiger partial charge in [0.1, 0.15) is 5.52 Å². The molecule has 2 aromatic rings. The van der Waals surface area contributed by atoms with Crippen molar-refractivity contribution in [3.63, 3.8) is 0 Å². The SMILES string of the molecule is CN(C)CCN(c1nc2ccccc2o1)C1CCN(C)CC1. The van der Waals surface area contributed by atoms with E-state index in [0.717, 1.165) is 43.3 Å². The summed E-state index contributed by atoms with van der Waals surface area (Å²) in [6.07, 6.45) is 2.34. The fraction of sp³-hybridized carbons (Fsp3) is 0.588. The number of piperidine rings is 1. The van der Waals surface area contributed by atoms with Crippen LogP contribution in [0.5, 0.6) is 0 Å². The number of benzene rings is 1. The molecule has 0 bridgehead atoms. The first-order valence-electron chi connectivity index (χ1n) is 8.09. The van der Waals surface area contributed by atoms with Crippen molar-refractivity contribution in [3.05, 3.63) is 24.3 Å². The minimum atomic E-state index is 0.518. The Labute approximate surface area is 132 Å². The molecule has 0 N–H and O–H groups in total. The summed E-state index contributed by atoms with van der Waals surface area (Å²) in [6, 6.07) is 9.30. The number of hydrogen-bond acceptors (Lipinski definition) is 5. The number of nitrogens with zero attached hydrogens (tertiary/aromatic N) is 4. The van der Waals surface area contributed by atoms with Crippen LogP contribution in [0, 0.1) is 0 Å². The average molecular weight is 302 g/mol. The van der Waals surface area contributed by atoms with Crippen LogP contribution in [0.2, 0.25) is 0 Å². The van der Waals surface area contributed by atoms with Crippen LogP contribution >= 0.6 is 0 Å². The Morgan fingerprint density at radius 3 is 2.59 bits per heavy atom. The average Bonchev–Trinajstić information content (AvgIpc) is 2.92. The Morgan fingerprint density at radius 1 is 1.18 bits per heavy atom. The summed E-state index contributed by atoms with van der Waals surface area (Å²) in [4.78, 5) is 11.7. The second-order valence-corrected chi connectivity index (χ2v) is 6.50. The number of fused-ring (bicyclic) bond motifs is 1. The van der Waals surface area contributed by atoms with Gasteiger partial charge in [-0.3, -0.25) is 0 Å². The molecule has 0 amide bonds. The fourth-order valence-electron chi connectivity index (χ4n) is 3.03.